The molecule has 4 nitrogen and oxygen atoms in total. The summed E-state index contributed by atoms with van der Waals surface area (Å²) in [4.78, 5) is 4.53. The molecule has 150 valence electrons. The molecule has 0 spiro atoms. The zero-order valence-electron chi connectivity index (χ0n) is 16.8. The van der Waals surface area contributed by atoms with Gasteiger partial charge in [0, 0.05) is 43.0 Å². The molecular formula is C22H34IN3O. The van der Waals surface area contributed by atoms with E-state index < -0.39 is 0 Å². The lowest BCUT2D eigenvalue weighted by molar-refractivity contribution is -0.106. The van der Waals surface area contributed by atoms with Crippen molar-refractivity contribution in [3.05, 3.63) is 35.9 Å². The van der Waals surface area contributed by atoms with E-state index in [2.05, 4.69) is 59.8 Å². The second-order valence-electron chi connectivity index (χ2n) is 8.97. The van der Waals surface area contributed by atoms with Crippen LogP contribution in [0.2, 0.25) is 0 Å². The van der Waals surface area contributed by atoms with E-state index in [4.69, 9.17) is 4.74 Å². The minimum absolute atomic E-state index is 0. The number of ether oxygens (including phenoxy) is 1. The molecule has 3 fully saturated rings. The minimum Gasteiger partial charge on any atom is -0.377 e. The lowest BCUT2D eigenvalue weighted by Gasteiger charge is -2.55. The van der Waals surface area contributed by atoms with Gasteiger partial charge in [-0.25, -0.2) is 0 Å². The third kappa shape index (κ3) is 3.74. The maximum Gasteiger partial charge on any atom is 0.191 e. The van der Waals surface area contributed by atoms with E-state index in [9.17, 15) is 0 Å². The first-order valence-corrected chi connectivity index (χ1v) is 10.2. The smallest absolute Gasteiger partial charge is 0.191 e. The van der Waals surface area contributed by atoms with E-state index in [1.54, 1.807) is 0 Å². The summed E-state index contributed by atoms with van der Waals surface area (Å²) in [5.74, 6) is 1.56. The number of hydrogen-bond acceptors (Lipinski definition) is 2. The Morgan fingerprint density at radius 3 is 2.56 bits per heavy atom. The second-order valence-corrected chi connectivity index (χ2v) is 8.97. The fraction of sp³-hybridized carbons (Fsp3) is 0.682. The van der Waals surface area contributed by atoms with Gasteiger partial charge in [-0.15, -0.1) is 24.0 Å². The summed E-state index contributed by atoms with van der Waals surface area (Å²) in [5, 5.41) is 7.38. The highest BCUT2D eigenvalue weighted by atomic mass is 127. The average molecular weight is 483 g/mol. The lowest BCUT2D eigenvalue weighted by atomic mass is 9.57. The van der Waals surface area contributed by atoms with Crippen LogP contribution in [0.5, 0.6) is 0 Å². The van der Waals surface area contributed by atoms with Crippen molar-refractivity contribution in [3.8, 4) is 0 Å². The zero-order valence-corrected chi connectivity index (χ0v) is 19.2. The standard InChI is InChI=1S/C22H33N3O.HI/c1-21(2)18(17-11-14-26-19(17)21)25-20(23-3)24-15-22(12-7-8-13-22)16-9-5-4-6-10-16;/h4-6,9-10,17-19H,7-8,11-15H2,1-3H3,(H2,23,24,25);1H. The van der Waals surface area contributed by atoms with Crippen LogP contribution in [0.25, 0.3) is 0 Å². The molecule has 2 aliphatic carbocycles. The summed E-state index contributed by atoms with van der Waals surface area (Å²) >= 11 is 0. The zero-order chi connectivity index (χ0) is 18.2. The van der Waals surface area contributed by atoms with Crippen molar-refractivity contribution in [1.29, 1.82) is 0 Å². The molecule has 0 bridgehead atoms. The first kappa shape index (κ1) is 20.9. The van der Waals surface area contributed by atoms with Gasteiger partial charge in [0.15, 0.2) is 5.96 Å². The predicted octanol–water partition coefficient (Wildman–Crippen LogP) is 4.09. The Kier molecular flexibility index (Phi) is 6.41. The molecular weight excluding hydrogens is 449 g/mol. The quantitative estimate of drug-likeness (QED) is 0.385. The van der Waals surface area contributed by atoms with Gasteiger partial charge in [-0.05, 0) is 24.8 Å². The number of guanidine groups is 1. The molecule has 0 radical (unpaired) electrons. The maximum absolute atomic E-state index is 5.93. The van der Waals surface area contributed by atoms with E-state index in [1.165, 1.54) is 31.2 Å². The summed E-state index contributed by atoms with van der Waals surface area (Å²) in [7, 11) is 1.88. The number of nitrogens with one attached hydrogen (secondary N) is 2. The third-order valence-corrected chi connectivity index (χ3v) is 7.16. The maximum atomic E-state index is 5.93. The fourth-order valence-electron chi connectivity index (χ4n) is 5.62. The molecule has 1 heterocycles. The minimum atomic E-state index is 0. The average Bonchev–Trinajstić information content (AvgIpc) is 3.32. The van der Waals surface area contributed by atoms with Gasteiger partial charge < -0.3 is 15.4 Å². The Bertz CT molecular complexity index is 655. The van der Waals surface area contributed by atoms with E-state index in [-0.39, 0.29) is 34.8 Å². The van der Waals surface area contributed by atoms with Gasteiger partial charge in [0.25, 0.3) is 0 Å². The monoisotopic (exact) mass is 483 g/mol. The van der Waals surface area contributed by atoms with Gasteiger partial charge in [0.1, 0.15) is 0 Å². The van der Waals surface area contributed by atoms with Crippen LogP contribution in [0.3, 0.4) is 0 Å². The molecule has 1 aromatic carbocycles. The number of rotatable bonds is 4. The molecule has 3 unspecified atom stereocenters. The first-order chi connectivity index (χ1) is 12.6. The van der Waals surface area contributed by atoms with E-state index in [0.717, 1.165) is 25.5 Å². The highest BCUT2D eigenvalue weighted by Crippen LogP contribution is 2.52. The summed E-state index contributed by atoms with van der Waals surface area (Å²) in [6.07, 6.45) is 6.72. The molecule has 3 aliphatic rings. The van der Waals surface area contributed by atoms with Crippen LogP contribution in [0.15, 0.2) is 35.3 Å². The summed E-state index contributed by atoms with van der Waals surface area (Å²) in [6.45, 7) is 6.48. The van der Waals surface area contributed by atoms with Gasteiger partial charge in [0.2, 0.25) is 0 Å². The van der Waals surface area contributed by atoms with E-state index in [0.29, 0.717) is 18.1 Å². The van der Waals surface area contributed by atoms with Crippen molar-refractivity contribution in [2.45, 2.75) is 63.5 Å². The lowest BCUT2D eigenvalue weighted by Crippen LogP contribution is -2.68. The number of benzene rings is 1. The molecule has 5 heteroatoms. The number of nitrogens with zero attached hydrogens (tertiary/aromatic N) is 1. The highest BCUT2D eigenvalue weighted by Gasteiger charge is 2.59. The van der Waals surface area contributed by atoms with Crippen molar-refractivity contribution in [3.63, 3.8) is 0 Å². The summed E-state index contributed by atoms with van der Waals surface area (Å²) < 4.78 is 5.93. The Morgan fingerprint density at radius 2 is 1.89 bits per heavy atom. The van der Waals surface area contributed by atoms with Crippen LogP contribution in [-0.4, -0.2) is 38.3 Å². The Labute approximate surface area is 181 Å². The molecule has 0 amide bonds. The van der Waals surface area contributed by atoms with Crippen LogP contribution in [-0.2, 0) is 10.2 Å². The van der Waals surface area contributed by atoms with Crippen molar-refractivity contribution >= 4 is 29.9 Å². The van der Waals surface area contributed by atoms with Crippen molar-refractivity contribution < 1.29 is 4.74 Å². The van der Waals surface area contributed by atoms with Crippen LogP contribution >= 0.6 is 24.0 Å². The van der Waals surface area contributed by atoms with Crippen LogP contribution in [0.4, 0.5) is 0 Å². The largest absolute Gasteiger partial charge is 0.377 e. The fourth-order valence-corrected chi connectivity index (χ4v) is 5.62. The Morgan fingerprint density at radius 1 is 1.19 bits per heavy atom. The van der Waals surface area contributed by atoms with Crippen molar-refractivity contribution in [2.24, 2.45) is 16.3 Å². The molecule has 2 N–H and O–H groups in total. The van der Waals surface area contributed by atoms with Crippen LogP contribution < -0.4 is 10.6 Å². The number of halogens is 1. The van der Waals surface area contributed by atoms with Crippen LogP contribution in [0, 0.1) is 11.3 Å². The van der Waals surface area contributed by atoms with Crippen LogP contribution in [0.1, 0.15) is 51.5 Å². The highest BCUT2D eigenvalue weighted by molar-refractivity contribution is 14.0. The van der Waals surface area contributed by atoms with E-state index in [1.807, 2.05) is 7.05 Å². The molecule has 0 aromatic heterocycles. The Hall–Kier alpha value is -0.820. The number of hydrogen-bond donors (Lipinski definition) is 2. The van der Waals surface area contributed by atoms with Gasteiger partial charge in [-0.1, -0.05) is 57.0 Å². The SMILES string of the molecule is CN=C(NCC1(c2ccccc2)CCCC1)NC1C2CCOC2C1(C)C.I. The number of fused-ring (bicyclic) bond motifs is 1. The second kappa shape index (κ2) is 8.27. The van der Waals surface area contributed by atoms with Crippen molar-refractivity contribution in [1.82, 2.24) is 10.6 Å². The van der Waals surface area contributed by atoms with Gasteiger partial charge >= 0.3 is 0 Å². The normalized spacial score (nSPS) is 30.8. The van der Waals surface area contributed by atoms with Crippen molar-refractivity contribution in [2.75, 3.05) is 20.2 Å². The molecule has 1 saturated heterocycles. The topological polar surface area (TPSA) is 45.7 Å². The molecule has 3 atom stereocenters. The summed E-state index contributed by atoms with van der Waals surface area (Å²) in [5.41, 5.74) is 1.88. The molecule has 27 heavy (non-hydrogen) atoms. The molecule has 4 rings (SSSR count). The van der Waals surface area contributed by atoms with Gasteiger partial charge in [0.05, 0.1) is 6.10 Å². The predicted molar refractivity (Wildman–Crippen MR) is 122 cm³/mol. The Balaban J connectivity index is 0.00000210. The van der Waals surface area contributed by atoms with Gasteiger partial charge in [-0.3, -0.25) is 4.99 Å². The molecule has 1 aliphatic heterocycles. The van der Waals surface area contributed by atoms with Gasteiger partial charge in [-0.2, -0.15) is 0 Å². The van der Waals surface area contributed by atoms with E-state index >= 15 is 0 Å². The third-order valence-electron chi connectivity index (χ3n) is 7.16. The molecule has 2 saturated carbocycles. The molecule has 1 aromatic rings. The number of aliphatic imine (C=N–C) groups is 1. The summed E-state index contributed by atoms with van der Waals surface area (Å²) in [6, 6.07) is 11.5. The first-order valence-electron chi connectivity index (χ1n) is 10.2.